The van der Waals surface area contributed by atoms with Gasteiger partial charge in [-0.25, -0.2) is 4.79 Å². The zero-order chi connectivity index (χ0) is 29.1. The van der Waals surface area contributed by atoms with E-state index in [1.165, 1.54) is 30.2 Å². The number of esters is 1. The summed E-state index contributed by atoms with van der Waals surface area (Å²) >= 11 is 15.3. The van der Waals surface area contributed by atoms with Crippen molar-refractivity contribution < 1.29 is 14.3 Å². The Balaban J connectivity index is 1.29. The van der Waals surface area contributed by atoms with E-state index in [2.05, 4.69) is 31.0 Å². The number of aromatic nitrogens is 6. The van der Waals surface area contributed by atoms with Crippen LogP contribution in [0.4, 0.5) is 5.95 Å². The third kappa shape index (κ3) is 5.97. The topological polar surface area (TPSA) is 117 Å². The van der Waals surface area contributed by atoms with Gasteiger partial charge in [0.05, 0.1) is 12.7 Å². The van der Waals surface area contributed by atoms with Crippen LogP contribution in [0.2, 0.25) is 10.0 Å². The molecular formula is C28H21Cl2N7O3S2. The maximum Gasteiger partial charge on any atom is 0.338 e. The average molecular weight is 639 g/mol. The van der Waals surface area contributed by atoms with Crippen molar-refractivity contribution >= 4 is 58.2 Å². The second-order valence-electron chi connectivity index (χ2n) is 8.98. The number of halogens is 2. The zero-order valence-electron chi connectivity index (χ0n) is 21.9. The van der Waals surface area contributed by atoms with Gasteiger partial charge < -0.3 is 14.8 Å². The van der Waals surface area contributed by atoms with Gasteiger partial charge in [0.2, 0.25) is 5.95 Å². The second-order valence-corrected chi connectivity index (χ2v) is 12.0. The standard InChI is InChI=1S/C28H21Cl2N7O3S2/c1-39-26(38)23-22(15-41-28-34-32-25(42-28)16-6-3-2-4-7-16)31-27-33-35-36-37(27)24(23)17-8-5-9-20(12-17)40-14-18-10-11-19(29)13-21(18)30/h2-13,24H,14-15H2,1H3,(H,31,33,36). The molecule has 10 nitrogen and oxygen atoms in total. The van der Waals surface area contributed by atoms with E-state index in [1.54, 1.807) is 16.8 Å². The van der Waals surface area contributed by atoms with E-state index in [9.17, 15) is 4.79 Å². The molecule has 5 aromatic rings. The van der Waals surface area contributed by atoms with Gasteiger partial charge >= 0.3 is 5.97 Å². The van der Waals surface area contributed by atoms with Crippen LogP contribution in [0.3, 0.4) is 0 Å². The summed E-state index contributed by atoms with van der Waals surface area (Å²) in [5, 5.41) is 25.9. The van der Waals surface area contributed by atoms with Crippen LogP contribution in [0, 0.1) is 0 Å². The van der Waals surface area contributed by atoms with E-state index in [1.807, 2.05) is 60.7 Å². The van der Waals surface area contributed by atoms with Crippen molar-refractivity contribution in [1.82, 2.24) is 30.4 Å². The van der Waals surface area contributed by atoms with Crippen LogP contribution in [-0.2, 0) is 16.1 Å². The van der Waals surface area contributed by atoms with Crippen molar-refractivity contribution in [2.24, 2.45) is 0 Å². The lowest BCUT2D eigenvalue weighted by Gasteiger charge is -2.28. The summed E-state index contributed by atoms with van der Waals surface area (Å²) in [5.74, 6) is 0.840. The predicted molar refractivity (Wildman–Crippen MR) is 162 cm³/mol. The van der Waals surface area contributed by atoms with Gasteiger partial charge in [-0.3, -0.25) is 0 Å². The van der Waals surface area contributed by atoms with Gasteiger partial charge in [-0.2, -0.15) is 4.68 Å². The lowest BCUT2D eigenvalue weighted by atomic mass is 9.95. The van der Waals surface area contributed by atoms with Crippen LogP contribution in [0.25, 0.3) is 10.6 Å². The largest absolute Gasteiger partial charge is 0.489 e. The third-order valence-corrected chi connectivity index (χ3v) is 9.07. The first kappa shape index (κ1) is 28.2. The van der Waals surface area contributed by atoms with Crippen LogP contribution in [-0.4, -0.2) is 49.2 Å². The summed E-state index contributed by atoms with van der Waals surface area (Å²) in [7, 11) is 1.35. The van der Waals surface area contributed by atoms with Crippen LogP contribution in [0.5, 0.6) is 5.75 Å². The fourth-order valence-corrected chi connectivity index (χ4v) is 6.67. The fraction of sp³-hybridized carbons (Fsp3) is 0.143. The monoisotopic (exact) mass is 637 g/mol. The highest BCUT2D eigenvalue weighted by Gasteiger charge is 2.36. The molecule has 0 saturated carbocycles. The van der Waals surface area contributed by atoms with Gasteiger partial charge in [0, 0.05) is 32.6 Å². The minimum Gasteiger partial charge on any atom is -0.489 e. The Bertz CT molecular complexity index is 1780. The number of rotatable bonds is 9. The first-order valence-corrected chi connectivity index (χ1v) is 15.1. The Hall–Kier alpha value is -3.97. The molecule has 6 rings (SSSR count). The smallest absolute Gasteiger partial charge is 0.338 e. The van der Waals surface area contributed by atoms with E-state index < -0.39 is 12.0 Å². The molecule has 212 valence electrons. The summed E-state index contributed by atoms with van der Waals surface area (Å²) in [4.78, 5) is 13.3. The molecule has 0 spiro atoms. The van der Waals surface area contributed by atoms with Gasteiger partial charge in [0.25, 0.3) is 0 Å². The predicted octanol–water partition coefficient (Wildman–Crippen LogP) is 6.31. The van der Waals surface area contributed by atoms with Gasteiger partial charge in [-0.15, -0.1) is 10.2 Å². The Morgan fingerprint density at radius 2 is 1.90 bits per heavy atom. The lowest BCUT2D eigenvalue weighted by Crippen LogP contribution is -2.31. The summed E-state index contributed by atoms with van der Waals surface area (Å²) in [6.07, 6.45) is 0. The van der Waals surface area contributed by atoms with Gasteiger partial charge in [-0.1, -0.05) is 99.9 Å². The quantitative estimate of drug-likeness (QED) is 0.145. The van der Waals surface area contributed by atoms with Gasteiger partial charge in [0.1, 0.15) is 23.4 Å². The minimum atomic E-state index is -0.670. The summed E-state index contributed by atoms with van der Waals surface area (Å²) in [6, 6.07) is 21.8. The Kier molecular flexibility index (Phi) is 8.38. The molecule has 1 unspecified atom stereocenters. The van der Waals surface area contributed by atoms with Gasteiger partial charge in [-0.05, 0) is 40.3 Å². The number of fused-ring (bicyclic) bond motifs is 1. The molecule has 1 N–H and O–H groups in total. The maximum atomic E-state index is 13.3. The molecule has 1 aliphatic heterocycles. The number of hydrogen-bond acceptors (Lipinski definition) is 11. The van der Waals surface area contributed by atoms with Crippen LogP contribution in [0.1, 0.15) is 17.2 Å². The molecule has 42 heavy (non-hydrogen) atoms. The summed E-state index contributed by atoms with van der Waals surface area (Å²) in [5.41, 5.74) is 3.49. The number of ether oxygens (including phenoxy) is 2. The molecule has 2 aromatic heterocycles. The van der Waals surface area contributed by atoms with E-state index in [4.69, 9.17) is 32.7 Å². The average Bonchev–Trinajstić information content (AvgIpc) is 3.69. The van der Waals surface area contributed by atoms with Crippen molar-refractivity contribution in [3.63, 3.8) is 0 Å². The molecule has 1 aliphatic rings. The lowest BCUT2D eigenvalue weighted by molar-refractivity contribution is -0.136. The number of nitrogens with zero attached hydrogens (tertiary/aromatic N) is 6. The van der Waals surface area contributed by atoms with Crippen molar-refractivity contribution in [1.29, 1.82) is 0 Å². The summed E-state index contributed by atoms with van der Waals surface area (Å²) < 4.78 is 13.6. The second kappa shape index (κ2) is 12.5. The molecule has 0 radical (unpaired) electrons. The number of tetrazole rings is 1. The molecule has 1 atom stereocenters. The van der Waals surface area contributed by atoms with Crippen molar-refractivity contribution in [2.75, 3.05) is 18.2 Å². The van der Waals surface area contributed by atoms with E-state index >= 15 is 0 Å². The highest BCUT2D eigenvalue weighted by molar-refractivity contribution is 8.01. The highest BCUT2D eigenvalue weighted by atomic mass is 35.5. The molecule has 3 aromatic carbocycles. The fourth-order valence-electron chi connectivity index (χ4n) is 4.38. The van der Waals surface area contributed by atoms with Crippen LogP contribution < -0.4 is 10.1 Å². The van der Waals surface area contributed by atoms with Crippen LogP contribution in [0.15, 0.2) is 88.4 Å². The van der Waals surface area contributed by atoms with E-state index in [-0.39, 0.29) is 6.61 Å². The van der Waals surface area contributed by atoms with E-state index in [0.717, 1.165) is 26.0 Å². The molecule has 0 saturated heterocycles. The Labute approximate surface area is 258 Å². The molecule has 0 amide bonds. The molecule has 0 fully saturated rings. The number of hydrogen-bond donors (Lipinski definition) is 1. The number of anilines is 1. The number of thioether (sulfide) groups is 1. The summed E-state index contributed by atoms with van der Waals surface area (Å²) in [6.45, 7) is 0.232. The van der Waals surface area contributed by atoms with Crippen molar-refractivity contribution in [3.8, 4) is 16.3 Å². The number of nitrogens with one attached hydrogen (secondary N) is 1. The van der Waals surface area contributed by atoms with Crippen molar-refractivity contribution in [2.45, 2.75) is 17.0 Å². The molecule has 0 bridgehead atoms. The molecular weight excluding hydrogens is 617 g/mol. The number of carbonyl (C=O) groups excluding carboxylic acids is 1. The van der Waals surface area contributed by atoms with Gasteiger partial charge in [0.15, 0.2) is 4.34 Å². The normalized spacial score (nSPS) is 14.3. The maximum absolute atomic E-state index is 13.3. The highest BCUT2D eigenvalue weighted by Crippen LogP contribution is 2.39. The Morgan fingerprint density at radius 3 is 2.71 bits per heavy atom. The SMILES string of the molecule is COC(=O)C1=C(CSc2nnc(-c3ccccc3)s2)Nc2nnnn2C1c1cccc(OCc2ccc(Cl)cc2Cl)c1. The molecule has 0 aliphatic carbocycles. The number of methoxy groups -OCH3 is 1. The number of benzene rings is 3. The molecule has 3 heterocycles. The van der Waals surface area contributed by atoms with Crippen LogP contribution >= 0.6 is 46.3 Å². The third-order valence-electron chi connectivity index (χ3n) is 6.35. The first-order chi connectivity index (χ1) is 20.5. The minimum absolute atomic E-state index is 0.232. The Morgan fingerprint density at radius 1 is 1.05 bits per heavy atom. The van der Waals surface area contributed by atoms with E-state index in [0.29, 0.717) is 38.8 Å². The van der Waals surface area contributed by atoms with Crippen molar-refractivity contribution in [3.05, 3.63) is 105 Å². The first-order valence-electron chi connectivity index (χ1n) is 12.5. The zero-order valence-corrected chi connectivity index (χ0v) is 25.0. The molecule has 14 heteroatoms. The number of carbonyl (C=O) groups is 1.